The maximum atomic E-state index is 13.3. The second kappa shape index (κ2) is 4.40. The molecule has 1 nitrogen and oxygen atoms in total. The molecule has 82 valence electrons. The van der Waals surface area contributed by atoms with E-state index < -0.39 is 0 Å². The molecule has 1 aliphatic carbocycles. The molecular weight excluding hydrogens is 215 g/mol. The first-order valence-electron chi connectivity index (χ1n) is 5.31. The lowest BCUT2D eigenvalue weighted by molar-refractivity contribution is 0.299. The van der Waals surface area contributed by atoms with Crippen molar-refractivity contribution in [3.05, 3.63) is 28.5 Å². The van der Waals surface area contributed by atoms with E-state index in [9.17, 15) is 4.39 Å². The zero-order chi connectivity index (χ0) is 10.8. The van der Waals surface area contributed by atoms with Crippen LogP contribution in [0.3, 0.4) is 0 Å². The van der Waals surface area contributed by atoms with Gasteiger partial charge in [0.2, 0.25) is 0 Å². The molecule has 3 heteroatoms. The van der Waals surface area contributed by atoms with E-state index in [0.29, 0.717) is 35.3 Å². The van der Waals surface area contributed by atoms with Gasteiger partial charge in [0, 0.05) is 0 Å². The second-order valence-corrected chi connectivity index (χ2v) is 4.39. The predicted octanol–water partition coefficient (Wildman–Crippen LogP) is 3.83. The molecule has 0 spiro atoms. The number of halogens is 2. The zero-order valence-electron chi connectivity index (χ0n) is 8.72. The summed E-state index contributed by atoms with van der Waals surface area (Å²) in [6.45, 7) is 2.62. The molecule has 1 aromatic carbocycles. The number of benzene rings is 1. The smallest absolute Gasteiger partial charge is 0.138 e. The van der Waals surface area contributed by atoms with Gasteiger partial charge < -0.3 is 4.74 Å². The Hall–Kier alpha value is -0.760. The van der Waals surface area contributed by atoms with E-state index in [4.69, 9.17) is 16.3 Å². The fourth-order valence-corrected chi connectivity index (χ4v) is 1.65. The number of hydrogen-bond acceptors (Lipinski definition) is 1. The van der Waals surface area contributed by atoms with E-state index in [0.717, 1.165) is 0 Å². The first-order chi connectivity index (χ1) is 7.20. The average Bonchev–Trinajstić information content (AvgIpc) is 3.00. The summed E-state index contributed by atoms with van der Waals surface area (Å²) in [4.78, 5) is 0. The molecule has 2 rings (SSSR count). The number of ether oxygens (including phenoxy) is 1. The molecule has 1 saturated carbocycles. The highest BCUT2D eigenvalue weighted by atomic mass is 35.5. The fraction of sp³-hybridized carbons (Fsp3) is 0.500. The normalized spacial score (nSPS) is 15.4. The topological polar surface area (TPSA) is 9.23 Å². The Bertz CT molecular complexity index is 361. The molecule has 0 radical (unpaired) electrons. The lowest BCUT2D eigenvalue weighted by atomic mass is 10.1. The average molecular weight is 229 g/mol. The van der Waals surface area contributed by atoms with Crippen molar-refractivity contribution in [2.45, 2.75) is 26.2 Å². The maximum absolute atomic E-state index is 13.3. The van der Waals surface area contributed by atoms with Crippen LogP contribution in [0.25, 0.3) is 0 Å². The first-order valence-corrected chi connectivity index (χ1v) is 5.69. The van der Waals surface area contributed by atoms with Crippen molar-refractivity contribution in [2.24, 2.45) is 5.92 Å². The van der Waals surface area contributed by atoms with Crippen LogP contribution in [0.5, 0.6) is 5.75 Å². The van der Waals surface area contributed by atoms with Gasteiger partial charge in [-0.2, -0.15) is 0 Å². The molecular formula is C12H14ClFO. The molecule has 1 aliphatic rings. The molecule has 0 bridgehead atoms. The Morgan fingerprint density at radius 1 is 1.47 bits per heavy atom. The quantitative estimate of drug-likeness (QED) is 0.761. The van der Waals surface area contributed by atoms with Gasteiger partial charge in [0.15, 0.2) is 0 Å². The summed E-state index contributed by atoms with van der Waals surface area (Å²) >= 11 is 5.90. The number of hydrogen-bond donors (Lipinski definition) is 0. The molecule has 0 aromatic heterocycles. The molecule has 0 N–H and O–H groups in total. The highest BCUT2D eigenvalue weighted by Crippen LogP contribution is 2.32. The van der Waals surface area contributed by atoms with Crippen LogP contribution in [0, 0.1) is 11.7 Å². The van der Waals surface area contributed by atoms with Gasteiger partial charge >= 0.3 is 0 Å². The molecule has 0 atom stereocenters. The summed E-state index contributed by atoms with van der Waals surface area (Å²) in [7, 11) is 0. The Labute approximate surface area is 94.2 Å². The standard InChI is InChI=1S/C12H14ClFO/c1-2-9-5-12(10(13)6-11(9)14)15-7-8-3-4-8/h5-6,8H,2-4,7H2,1H3. The summed E-state index contributed by atoms with van der Waals surface area (Å²) in [5, 5.41) is 0.366. The SMILES string of the molecule is CCc1cc(OCC2CC2)c(Cl)cc1F. The third-order valence-electron chi connectivity index (χ3n) is 2.65. The third-order valence-corrected chi connectivity index (χ3v) is 2.95. The van der Waals surface area contributed by atoms with Crippen molar-refractivity contribution in [1.82, 2.24) is 0 Å². The number of rotatable bonds is 4. The Kier molecular flexibility index (Phi) is 3.15. The molecule has 0 amide bonds. The van der Waals surface area contributed by atoms with E-state index in [-0.39, 0.29) is 5.82 Å². The highest BCUT2D eigenvalue weighted by Gasteiger charge is 2.22. The first kappa shape index (κ1) is 10.7. The van der Waals surface area contributed by atoms with Gasteiger partial charge in [-0.15, -0.1) is 0 Å². The Balaban J connectivity index is 2.13. The molecule has 0 heterocycles. The van der Waals surface area contributed by atoms with Crippen molar-refractivity contribution >= 4 is 11.6 Å². The van der Waals surface area contributed by atoms with Gasteiger partial charge in [0.25, 0.3) is 0 Å². The van der Waals surface area contributed by atoms with Crippen molar-refractivity contribution in [3.8, 4) is 5.75 Å². The van der Waals surface area contributed by atoms with Gasteiger partial charge in [-0.3, -0.25) is 0 Å². The lowest BCUT2D eigenvalue weighted by Gasteiger charge is -2.09. The second-order valence-electron chi connectivity index (χ2n) is 3.98. The summed E-state index contributed by atoms with van der Waals surface area (Å²) in [6.07, 6.45) is 3.13. The van der Waals surface area contributed by atoms with Gasteiger partial charge in [0.1, 0.15) is 11.6 Å². The van der Waals surface area contributed by atoms with Crippen molar-refractivity contribution < 1.29 is 9.13 Å². The molecule has 0 unspecified atom stereocenters. The van der Waals surface area contributed by atoms with E-state index in [1.54, 1.807) is 6.07 Å². The van der Waals surface area contributed by atoms with Crippen LogP contribution in [0.1, 0.15) is 25.3 Å². The maximum Gasteiger partial charge on any atom is 0.138 e. The predicted molar refractivity (Wildman–Crippen MR) is 59.0 cm³/mol. The molecule has 1 fully saturated rings. The van der Waals surface area contributed by atoms with Gasteiger partial charge in [-0.1, -0.05) is 18.5 Å². The van der Waals surface area contributed by atoms with E-state index in [2.05, 4.69) is 0 Å². The zero-order valence-corrected chi connectivity index (χ0v) is 9.48. The van der Waals surface area contributed by atoms with Crippen LogP contribution < -0.4 is 4.74 Å². The third kappa shape index (κ3) is 2.63. The van der Waals surface area contributed by atoms with E-state index in [1.807, 2.05) is 6.92 Å². The van der Waals surface area contributed by atoms with Crippen molar-refractivity contribution in [1.29, 1.82) is 0 Å². The Morgan fingerprint density at radius 2 is 2.20 bits per heavy atom. The van der Waals surface area contributed by atoms with Gasteiger partial charge in [0.05, 0.1) is 11.6 Å². The largest absolute Gasteiger partial charge is 0.492 e. The minimum atomic E-state index is -0.249. The highest BCUT2D eigenvalue weighted by molar-refractivity contribution is 6.32. The lowest BCUT2D eigenvalue weighted by Crippen LogP contribution is -2.01. The van der Waals surface area contributed by atoms with Crippen molar-refractivity contribution in [3.63, 3.8) is 0 Å². The molecule has 0 saturated heterocycles. The van der Waals surface area contributed by atoms with E-state index >= 15 is 0 Å². The number of aryl methyl sites for hydroxylation is 1. The van der Waals surface area contributed by atoms with Crippen LogP contribution in [-0.2, 0) is 6.42 Å². The molecule has 1 aromatic rings. The van der Waals surface area contributed by atoms with Crippen LogP contribution in [0.2, 0.25) is 5.02 Å². The summed E-state index contributed by atoms with van der Waals surface area (Å²) < 4.78 is 18.9. The fourth-order valence-electron chi connectivity index (χ4n) is 1.44. The van der Waals surface area contributed by atoms with Gasteiger partial charge in [-0.25, -0.2) is 4.39 Å². The minimum absolute atomic E-state index is 0.249. The Morgan fingerprint density at radius 3 is 2.80 bits per heavy atom. The monoisotopic (exact) mass is 228 g/mol. The molecule has 0 aliphatic heterocycles. The summed E-state index contributed by atoms with van der Waals surface area (Å²) in [6, 6.07) is 3.04. The van der Waals surface area contributed by atoms with Gasteiger partial charge in [-0.05, 0) is 42.9 Å². The van der Waals surface area contributed by atoms with Crippen LogP contribution >= 0.6 is 11.6 Å². The van der Waals surface area contributed by atoms with Crippen LogP contribution in [0.4, 0.5) is 4.39 Å². The summed E-state index contributed by atoms with van der Waals surface area (Å²) in [5.41, 5.74) is 0.658. The minimum Gasteiger partial charge on any atom is -0.492 e. The van der Waals surface area contributed by atoms with Crippen molar-refractivity contribution in [2.75, 3.05) is 6.61 Å². The van der Waals surface area contributed by atoms with Crippen LogP contribution in [-0.4, -0.2) is 6.61 Å². The summed E-state index contributed by atoms with van der Waals surface area (Å²) in [5.74, 6) is 1.04. The molecule has 15 heavy (non-hydrogen) atoms. The van der Waals surface area contributed by atoms with Crippen LogP contribution in [0.15, 0.2) is 12.1 Å². The van der Waals surface area contributed by atoms with E-state index in [1.165, 1.54) is 18.9 Å².